The Morgan fingerprint density at radius 3 is 3.00 bits per heavy atom. The number of ether oxygens (including phenoxy) is 1. The molecule has 1 rings (SSSR count). The van der Waals surface area contributed by atoms with E-state index in [1.807, 2.05) is 0 Å². The molecule has 0 aromatic carbocycles. The minimum Gasteiger partial charge on any atom is -0.477 e. The topological polar surface area (TPSA) is 75.5 Å². The molecule has 72 valence electrons. The lowest BCUT2D eigenvalue weighted by Crippen LogP contribution is -2.16. The summed E-state index contributed by atoms with van der Waals surface area (Å²) in [6.07, 6.45) is 2.63. The molecule has 2 N–H and O–H groups in total. The molecule has 0 fully saturated rings. The molecule has 1 aromatic rings. The van der Waals surface area contributed by atoms with Gasteiger partial charge in [0.05, 0.1) is 19.3 Å². The van der Waals surface area contributed by atoms with Crippen molar-refractivity contribution in [2.75, 3.05) is 13.2 Å². The zero-order chi connectivity index (χ0) is 9.52. The third-order valence-electron chi connectivity index (χ3n) is 1.47. The van der Waals surface area contributed by atoms with E-state index < -0.39 is 6.10 Å². The molecule has 5 heteroatoms. The standard InChI is InChI=1S/C8H12N2O3/c11-5-7(12)2-4-13-8-1-3-9-6-10-8/h1,3,6-7,11-12H,2,4-5H2. The summed E-state index contributed by atoms with van der Waals surface area (Å²) in [6.45, 7) is 0.0892. The zero-order valence-electron chi connectivity index (χ0n) is 7.13. The fraction of sp³-hybridized carbons (Fsp3) is 0.500. The molecule has 0 spiro atoms. The van der Waals surface area contributed by atoms with Crippen molar-refractivity contribution in [3.8, 4) is 5.88 Å². The maximum absolute atomic E-state index is 8.97. The van der Waals surface area contributed by atoms with Crippen LogP contribution in [-0.2, 0) is 0 Å². The Morgan fingerprint density at radius 2 is 2.38 bits per heavy atom. The number of rotatable bonds is 5. The van der Waals surface area contributed by atoms with E-state index in [4.69, 9.17) is 14.9 Å². The molecule has 0 bridgehead atoms. The summed E-state index contributed by atoms with van der Waals surface area (Å²) in [5.41, 5.74) is 0. The second-order valence-electron chi connectivity index (χ2n) is 2.52. The van der Waals surface area contributed by atoms with Gasteiger partial charge in [-0.1, -0.05) is 0 Å². The van der Waals surface area contributed by atoms with Crippen LogP contribution < -0.4 is 4.74 Å². The van der Waals surface area contributed by atoms with Crippen LogP contribution in [0.15, 0.2) is 18.6 Å². The number of aliphatic hydroxyl groups is 2. The van der Waals surface area contributed by atoms with Crippen LogP contribution >= 0.6 is 0 Å². The largest absolute Gasteiger partial charge is 0.477 e. The van der Waals surface area contributed by atoms with Crippen molar-refractivity contribution in [3.05, 3.63) is 18.6 Å². The average molecular weight is 184 g/mol. The summed E-state index contributed by atoms with van der Waals surface area (Å²) in [5, 5.41) is 17.5. The van der Waals surface area contributed by atoms with E-state index in [0.29, 0.717) is 18.9 Å². The van der Waals surface area contributed by atoms with Gasteiger partial charge in [-0.25, -0.2) is 9.97 Å². The van der Waals surface area contributed by atoms with Crippen molar-refractivity contribution in [3.63, 3.8) is 0 Å². The van der Waals surface area contributed by atoms with E-state index in [1.54, 1.807) is 12.3 Å². The first-order valence-electron chi connectivity index (χ1n) is 4.00. The number of hydrogen-bond acceptors (Lipinski definition) is 5. The van der Waals surface area contributed by atoms with Crippen LogP contribution in [0.25, 0.3) is 0 Å². The van der Waals surface area contributed by atoms with Gasteiger partial charge in [0, 0.05) is 18.7 Å². The van der Waals surface area contributed by atoms with Crippen LogP contribution in [0.3, 0.4) is 0 Å². The summed E-state index contributed by atoms with van der Waals surface area (Å²) >= 11 is 0. The first-order chi connectivity index (χ1) is 6.33. The molecule has 13 heavy (non-hydrogen) atoms. The Balaban J connectivity index is 2.20. The highest BCUT2D eigenvalue weighted by Crippen LogP contribution is 2.02. The summed E-state index contributed by atoms with van der Waals surface area (Å²) < 4.78 is 5.16. The van der Waals surface area contributed by atoms with Crippen molar-refractivity contribution < 1.29 is 14.9 Å². The molecule has 0 aliphatic rings. The molecular formula is C8H12N2O3. The first-order valence-corrected chi connectivity index (χ1v) is 4.00. The smallest absolute Gasteiger partial charge is 0.216 e. The normalized spacial score (nSPS) is 12.5. The summed E-state index contributed by atoms with van der Waals surface area (Å²) in [4.78, 5) is 7.55. The van der Waals surface area contributed by atoms with Crippen LogP contribution in [0.4, 0.5) is 0 Å². The fourth-order valence-electron chi connectivity index (χ4n) is 0.755. The maximum atomic E-state index is 8.97. The van der Waals surface area contributed by atoms with Crippen LogP contribution in [0.2, 0.25) is 0 Å². The third-order valence-corrected chi connectivity index (χ3v) is 1.47. The number of aromatic nitrogens is 2. The first kappa shape index (κ1) is 9.88. The number of hydrogen-bond donors (Lipinski definition) is 2. The van der Waals surface area contributed by atoms with Gasteiger partial charge in [0.1, 0.15) is 6.33 Å². The van der Waals surface area contributed by atoms with Crippen molar-refractivity contribution in [2.24, 2.45) is 0 Å². The average Bonchev–Trinajstić information content (AvgIpc) is 2.19. The summed E-state index contributed by atoms with van der Waals surface area (Å²) in [6, 6.07) is 1.63. The predicted molar refractivity (Wildman–Crippen MR) is 45.2 cm³/mol. The third kappa shape index (κ3) is 3.82. The molecule has 0 saturated carbocycles. The van der Waals surface area contributed by atoms with Crippen molar-refractivity contribution >= 4 is 0 Å². The van der Waals surface area contributed by atoms with E-state index in [1.165, 1.54) is 6.33 Å². The molecule has 1 atom stereocenters. The highest BCUT2D eigenvalue weighted by molar-refractivity contribution is 5.03. The minimum absolute atomic E-state index is 0.243. The molecule has 0 aliphatic heterocycles. The SMILES string of the molecule is OCC(O)CCOc1ccncn1. The van der Waals surface area contributed by atoms with E-state index >= 15 is 0 Å². The lowest BCUT2D eigenvalue weighted by molar-refractivity contribution is 0.0748. The Morgan fingerprint density at radius 1 is 1.54 bits per heavy atom. The Kier molecular flexibility index (Phi) is 4.14. The molecule has 0 aliphatic carbocycles. The van der Waals surface area contributed by atoms with E-state index in [2.05, 4.69) is 9.97 Å². The van der Waals surface area contributed by atoms with E-state index in [9.17, 15) is 0 Å². The van der Waals surface area contributed by atoms with Crippen molar-refractivity contribution in [1.29, 1.82) is 0 Å². The second kappa shape index (κ2) is 5.45. The highest BCUT2D eigenvalue weighted by Gasteiger charge is 2.01. The molecule has 1 aromatic heterocycles. The van der Waals surface area contributed by atoms with Gasteiger partial charge in [0.15, 0.2) is 0 Å². The lowest BCUT2D eigenvalue weighted by Gasteiger charge is -2.07. The Labute approximate surface area is 76.0 Å². The molecule has 5 nitrogen and oxygen atoms in total. The molecular weight excluding hydrogens is 172 g/mol. The summed E-state index contributed by atoms with van der Waals surface area (Å²) in [7, 11) is 0. The Bertz CT molecular complexity index is 230. The summed E-state index contributed by atoms with van der Waals surface area (Å²) in [5.74, 6) is 0.472. The second-order valence-corrected chi connectivity index (χ2v) is 2.52. The monoisotopic (exact) mass is 184 g/mol. The molecule has 0 radical (unpaired) electrons. The van der Waals surface area contributed by atoms with Crippen LogP contribution in [-0.4, -0.2) is 39.5 Å². The maximum Gasteiger partial charge on any atom is 0.216 e. The minimum atomic E-state index is -0.721. The van der Waals surface area contributed by atoms with Gasteiger partial charge in [0.25, 0.3) is 0 Å². The van der Waals surface area contributed by atoms with Crippen LogP contribution in [0.5, 0.6) is 5.88 Å². The number of aliphatic hydroxyl groups excluding tert-OH is 2. The molecule has 1 heterocycles. The lowest BCUT2D eigenvalue weighted by atomic mass is 10.3. The molecule has 0 saturated heterocycles. The van der Waals surface area contributed by atoms with Gasteiger partial charge in [0.2, 0.25) is 5.88 Å². The van der Waals surface area contributed by atoms with Crippen LogP contribution in [0.1, 0.15) is 6.42 Å². The quantitative estimate of drug-likeness (QED) is 0.651. The Hall–Kier alpha value is -1.20. The molecule has 0 amide bonds. The molecule has 1 unspecified atom stereocenters. The fourth-order valence-corrected chi connectivity index (χ4v) is 0.755. The zero-order valence-corrected chi connectivity index (χ0v) is 7.13. The highest BCUT2D eigenvalue weighted by atomic mass is 16.5. The van der Waals surface area contributed by atoms with Crippen molar-refractivity contribution in [1.82, 2.24) is 9.97 Å². The number of nitrogens with zero attached hydrogens (tertiary/aromatic N) is 2. The van der Waals surface area contributed by atoms with E-state index in [0.717, 1.165) is 0 Å². The predicted octanol–water partition coefficient (Wildman–Crippen LogP) is -0.401. The van der Waals surface area contributed by atoms with Crippen molar-refractivity contribution in [2.45, 2.75) is 12.5 Å². The van der Waals surface area contributed by atoms with Crippen LogP contribution in [0, 0.1) is 0 Å². The van der Waals surface area contributed by atoms with Gasteiger partial charge in [-0.3, -0.25) is 0 Å². The van der Waals surface area contributed by atoms with Gasteiger partial charge in [-0.2, -0.15) is 0 Å². The van der Waals surface area contributed by atoms with Gasteiger partial charge in [-0.15, -0.1) is 0 Å². The van der Waals surface area contributed by atoms with Gasteiger partial charge >= 0.3 is 0 Å². The van der Waals surface area contributed by atoms with Gasteiger partial charge < -0.3 is 14.9 Å². The van der Waals surface area contributed by atoms with Gasteiger partial charge in [-0.05, 0) is 0 Å². The van der Waals surface area contributed by atoms with E-state index in [-0.39, 0.29) is 6.61 Å².